The van der Waals surface area contributed by atoms with E-state index in [0.717, 1.165) is 5.75 Å². The first-order valence-corrected chi connectivity index (χ1v) is 7.94. The lowest BCUT2D eigenvalue weighted by atomic mass is 9.92. The van der Waals surface area contributed by atoms with Crippen LogP contribution in [0.2, 0.25) is 0 Å². The van der Waals surface area contributed by atoms with E-state index in [9.17, 15) is 0 Å². The molecule has 0 aliphatic rings. The van der Waals surface area contributed by atoms with Gasteiger partial charge in [-0.25, -0.2) is 0 Å². The smallest absolute Gasteiger partial charge is 0.122 e. The van der Waals surface area contributed by atoms with Gasteiger partial charge in [-0.1, -0.05) is 38.1 Å². The molecule has 22 heavy (non-hydrogen) atoms. The minimum atomic E-state index is 0.372. The Hall–Kier alpha value is -1.80. The van der Waals surface area contributed by atoms with E-state index in [4.69, 9.17) is 4.74 Å². The van der Waals surface area contributed by atoms with E-state index in [-0.39, 0.29) is 0 Å². The standard InChI is InChI=1S/C20H27NO/c1-13(2)18-12-19(14(3)11-20(18)22-6)17-9-7-16(8-10-17)15(4)21-5/h7-13,15,21H,1-6H3. The Balaban J connectivity index is 2.46. The highest BCUT2D eigenvalue weighted by atomic mass is 16.5. The Morgan fingerprint density at radius 2 is 1.64 bits per heavy atom. The lowest BCUT2D eigenvalue weighted by Gasteiger charge is -2.17. The largest absolute Gasteiger partial charge is 0.496 e. The molecule has 0 spiro atoms. The number of hydrogen-bond acceptors (Lipinski definition) is 2. The molecule has 1 atom stereocenters. The van der Waals surface area contributed by atoms with Crippen LogP contribution in [0.1, 0.15) is 49.4 Å². The van der Waals surface area contributed by atoms with Crippen molar-refractivity contribution in [3.8, 4) is 16.9 Å². The van der Waals surface area contributed by atoms with Gasteiger partial charge in [-0.15, -0.1) is 0 Å². The summed E-state index contributed by atoms with van der Waals surface area (Å²) >= 11 is 0. The number of rotatable bonds is 5. The summed E-state index contributed by atoms with van der Waals surface area (Å²) in [6.07, 6.45) is 0. The van der Waals surface area contributed by atoms with Crippen molar-refractivity contribution >= 4 is 0 Å². The summed E-state index contributed by atoms with van der Waals surface area (Å²) in [6, 6.07) is 13.6. The molecule has 0 saturated heterocycles. The highest BCUT2D eigenvalue weighted by molar-refractivity contribution is 5.70. The van der Waals surface area contributed by atoms with Crippen LogP contribution in [0, 0.1) is 6.92 Å². The number of nitrogens with one attached hydrogen (secondary N) is 1. The Kier molecular flexibility index (Phi) is 5.25. The molecule has 2 nitrogen and oxygen atoms in total. The average molecular weight is 297 g/mol. The van der Waals surface area contributed by atoms with Gasteiger partial charge in [-0.3, -0.25) is 0 Å². The summed E-state index contributed by atoms with van der Waals surface area (Å²) in [5.41, 5.74) is 6.36. The van der Waals surface area contributed by atoms with E-state index >= 15 is 0 Å². The van der Waals surface area contributed by atoms with Gasteiger partial charge in [0.25, 0.3) is 0 Å². The summed E-state index contributed by atoms with van der Waals surface area (Å²) in [5.74, 6) is 1.43. The normalized spacial score (nSPS) is 12.5. The van der Waals surface area contributed by atoms with Crippen LogP contribution in [0.25, 0.3) is 11.1 Å². The van der Waals surface area contributed by atoms with Gasteiger partial charge >= 0.3 is 0 Å². The first kappa shape index (κ1) is 16.6. The molecule has 2 aromatic rings. The quantitative estimate of drug-likeness (QED) is 0.831. The van der Waals surface area contributed by atoms with Crippen molar-refractivity contribution in [1.29, 1.82) is 0 Å². The van der Waals surface area contributed by atoms with E-state index in [1.54, 1.807) is 7.11 Å². The fourth-order valence-corrected chi connectivity index (χ4v) is 2.76. The minimum Gasteiger partial charge on any atom is -0.496 e. The highest BCUT2D eigenvalue weighted by Crippen LogP contribution is 2.34. The summed E-state index contributed by atoms with van der Waals surface area (Å²) in [6.45, 7) is 8.72. The Morgan fingerprint density at radius 1 is 1.00 bits per heavy atom. The number of methoxy groups -OCH3 is 1. The van der Waals surface area contributed by atoms with Gasteiger partial charge in [0.05, 0.1) is 7.11 Å². The lowest BCUT2D eigenvalue weighted by molar-refractivity contribution is 0.407. The molecule has 2 rings (SSSR count). The fourth-order valence-electron chi connectivity index (χ4n) is 2.76. The van der Waals surface area contributed by atoms with Gasteiger partial charge < -0.3 is 10.1 Å². The van der Waals surface area contributed by atoms with Crippen LogP contribution in [0.3, 0.4) is 0 Å². The average Bonchev–Trinajstić information content (AvgIpc) is 2.53. The van der Waals surface area contributed by atoms with Crippen LogP contribution < -0.4 is 10.1 Å². The molecule has 118 valence electrons. The van der Waals surface area contributed by atoms with Crippen molar-refractivity contribution in [3.63, 3.8) is 0 Å². The molecule has 0 saturated carbocycles. The van der Waals surface area contributed by atoms with Crippen LogP contribution in [-0.4, -0.2) is 14.2 Å². The molecule has 1 unspecified atom stereocenters. The van der Waals surface area contributed by atoms with Crippen LogP contribution in [0.4, 0.5) is 0 Å². The Bertz CT molecular complexity index is 629. The van der Waals surface area contributed by atoms with E-state index < -0.39 is 0 Å². The van der Waals surface area contributed by atoms with Crippen LogP contribution in [0.5, 0.6) is 5.75 Å². The third-order valence-electron chi connectivity index (χ3n) is 4.35. The molecule has 2 aromatic carbocycles. The van der Waals surface area contributed by atoms with Crippen molar-refractivity contribution in [1.82, 2.24) is 5.32 Å². The third kappa shape index (κ3) is 3.33. The van der Waals surface area contributed by atoms with Gasteiger partial charge in [0.2, 0.25) is 0 Å². The predicted octanol–water partition coefficient (Wildman–Crippen LogP) is 5.07. The fraction of sp³-hybridized carbons (Fsp3) is 0.400. The lowest BCUT2D eigenvalue weighted by Crippen LogP contribution is -2.11. The molecule has 0 fully saturated rings. The van der Waals surface area contributed by atoms with Crippen LogP contribution in [-0.2, 0) is 0 Å². The van der Waals surface area contributed by atoms with E-state index in [1.807, 2.05) is 7.05 Å². The second-order valence-corrected chi connectivity index (χ2v) is 6.20. The zero-order valence-electron chi connectivity index (χ0n) is 14.5. The van der Waals surface area contributed by atoms with Crippen LogP contribution >= 0.6 is 0 Å². The summed E-state index contributed by atoms with van der Waals surface area (Å²) in [7, 11) is 3.73. The zero-order valence-corrected chi connectivity index (χ0v) is 14.5. The predicted molar refractivity (Wildman–Crippen MR) is 94.7 cm³/mol. The van der Waals surface area contributed by atoms with E-state index in [2.05, 4.69) is 69.4 Å². The SMILES string of the molecule is CNC(C)c1ccc(-c2cc(C(C)C)c(OC)cc2C)cc1. The first-order chi connectivity index (χ1) is 10.5. The Labute approximate surface area is 134 Å². The maximum atomic E-state index is 5.54. The van der Waals surface area contributed by atoms with Gasteiger partial charge in [0.15, 0.2) is 0 Å². The van der Waals surface area contributed by atoms with E-state index in [0.29, 0.717) is 12.0 Å². The molecule has 2 heteroatoms. The molecule has 0 aliphatic carbocycles. The zero-order chi connectivity index (χ0) is 16.3. The minimum absolute atomic E-state index is 0.372. The second kappa shape index (κ2) is 6.97. The topological polar surface area (TPSA) is 21.3 Å². The molecule has 0 aliphatic heterocycles. The molecule has 0 heterocycles. The van der Waals surface area contributed by atoms with Crippen molar-refractivity contribution < 1.29 is 4.74 Å². The van der Waals surface area contributed by atoms with Crippen molar-refractivity contribution in [3.05, 3.63) is 53.1 Å². The molecule has 0 radical (unpaired) electrons. The van der Waals surface area contributed by atoms with Crippen molar-refractivity contribution in [2.75, 3.05) is 14.2 Å². The molecule has 0 amide bonds. The maximum Gasteiger partial charge on any atom is 0.122 e. The number of ether oxygens (including phenoxy) is 1. The van der Waals surface area contributed by atoms with Crippen LogP contribution in [0.15, 0.2) is 36.4 Å². The highest BCUT2D eigenvalue weighted by Gasteiger charge is 2.12. The Morgan fingerprint density at radius 3 is 2.14 bits per heavy atom. The molecule has 0 bridgehead atoms. The van der Waals surface area contributed by atoms with Gasteiger partial charge in [0.1, 0.15) is 5.75 Å². The van der Waals surface area contributed by atoms with E-state index in [1.165, 1.54) is 27.8 Å². The molecular weight excluding hydrogens is 270 g/mol. The van der Waals surface area contributed by atoms with Gasteiger partial charge in [-0.05, 0) is 66.8 Å². The summed E-state index contributed by atoms with van der Waals surface area (Å²) < 4.78 is 5.54. The first-order valence-electron chi connectivity index (χ1n) is 7.94. The van der Waals surface area contributed by atoms with Gasteiger partial charge in [-0.2, -0.15) is 0 Å². The maximum absolute atomic E-state index is 5.54. The number of hydrogen-bond donors (Lipinski definition) is 1. The third-order valence-corrected chi connectivity index (χ3v) is 4.35. The second-order valence-electron chi connectivity index (χ2n) is 6.20. The van der Waals surface area contributed by atoms with Gasteiger partial charge in [0, 0.05) is 6.04 Å². The molecule has 1 N–H and O–H groups in total. The number of benzene rings is 2. The summed E-state index contributed by atoms with van der Waals surface area (Å²) in [4.78, 5) is 0. The summed E-state index contributed by atoms with van der Waals surface area (Å²) in [5, 5.41) is 3.27. The van der Waals surface area contributed by atoms with Crippen molar-refractivity contribution in [2.24, 2.45) is 0 Å². The molecule has 0 aromatic heterocycles. The molecular formula is C20H27NO. The number of aryl methyl sites for hydroxylation is 1. The monoisotopic (exact) mass is 297 g/mol. The van der Waals surface area contributed by atoms with Crippen molar-refractivity contribution in [2.45, 2.75) is 39.7 Å².